The number of hydrogen-bond donors (Lipinski definition) is 1. The number of halogens is 1. The van der Waals surface area contributed by atoms with Crippen LogP contribution in [0.3, 0.4) is 0 Å². The minimum Gasteiger partial charge on any atom is -0.380 e. The number of nitrogens with one attached hydrogen (secondary N) is 1. The van der Waals surface area contributed by atoms with Crippen molar-refractivity contribution in [3.63, 3.8) is 0 Å². The third kappa shape index (κ3) is 3.53. The maximum absolute atomic E-state index is 12.6. The lowest BCUT2D eigenvalue weighted by Crippen LogP contribution is -2.00. The van der Waals surface area contributed by atoms with Crippen LogP contribution in [0.5, 0.6) is 0 Å². The molecule has 3 nitrogen and oxygen atoms in total. The molecule has 0 bridgehead atoms. The lowest BCUT2D eigenvalue weighted by atomic mass is 10.1. The summed E-state index contributed by atoms with van der Waals surface area (Å²) >= 11 is 0. The molecule has 94 valence electrons. The Morgan fingerprint density at radius 3 is 2.44 bits per heavy atom. The SMILES string of the molecule is COCc1ccc(CNc2ccc(F)nc2)cc1. The maximum atomic E-state index is 12.6. The Balaban J connectivity index is 1.91. The van der Waals surface area contributed by atoms with Crippen molar-refractivity contribution < 1.29 is 9.13 Å². The van der Waals surface area contributed by atoms with Gasteiger partial charge in [-0.25, -0.2) is 4.98 Å². The Labute approximate surface area is 106 Å². The zero-order valence-corrected chi connectivity index (χ0v) is 10.2. The Morgan fingerprint density at radius 1 is 1.11 bits per heavy atom. The van der Waals surface area contributed by atoms with Crippen LogP contribution >= 0.6 is 0 Å². The van der Waals surface area contributed by atoms with E-state index in [0.717, 1.165) is 16.8 Å². The largest absolute Gasteiger partial charge is 0.380 e. The summed E-state index contributed by atoms with van der Waals surface area (Å²) in [5.74, 6) is -0.468. The molecule has 0 amide bonds. The summed E-state index contributed by atoms with van der Waals surface area (Å²) in [6.07, 6.45) is 1.48. The Bertz CT molecular complexity index is 482. The van der Waals surface area contributed by atoms with E-state index in [1.165, 1.54) is 12.3 Å². The van der Waals surface area contributed by atoms with Gasteiger partial charge in [0.2, 0.25) is 5.95 Å². The first-order valence-corrected chi connectivity index (χ1v) is 5.70. The van der Waals surface area contributed by atoms with Crippen molar-refractivity contribution in [1.29, 1.82) is 0 Å². The lowest BCUT2D eigenvalue weighted by molar-refractivity contribution is 0.185. The number of ether oxygens (including phenoxy) is 1. The van der Waals surface area contributed by atoms with E-state index in [2.05, 4.69) is 10.3 Å². The van der Waals surface area contributed by atoms with Gasteiger partial charge in [0.05, 0.1) is 18.5 Å². The summed E-state index contributed by atoms with van der Waals surface area (Å²) in [6, 6.07) is 11.1. The molecular weight excluding hydrogens is 231 g/mol. The van der Waals surface area contributed by atoms with Gasteiger partial charge in [-0.1, -0.05) is 24.3 Å². The van der Waals surface area contributed by atoms with E-state index in [4.69, 9.17) is 4.74 Å². The van der Waals surface area contributed by atoms with Crippen LogP contribution in [-0.4, -0.2) is 12.1 Å². The van der Waals surface area contributed by atoms with Crippen molar-refractivity contribution in [3.8, 4) is 0 Å². The highest BCUT2D eigenvalue weighted by molar-refractivity contribution is 5.40. The molecule has 1 aromatic carbocycles. The highest BCUT2D eigenvalue weighted by Gasteiger charge is 1.97. The molecule has 0 unspecified atom stereocenters. The molecule has 18 heavy (non-hydrogen) atoms. The standard InChI is InChI=1S/C14H15FN2O/c1-18-10-12-4-2-11(3-5-12)8-16-13-6-7-14(15)17-9-13/h2-7,9,16H,8,10H2,1H3. The van der Waals surface area contributed by atoms with E-state index in [1.54, 1.807) is 13.2 Å². The van der Waals surface area contributed by atoms with Crippen LogP contribution in [0.25, 0.3) is 0 Å². The number of benzene rings is 1. The summed E-state index contributed by atoms with van der Waals surface area (Å²) < 4.78 is 17.7. The second-order valence-corrected chi connectivity index (χ2v) is 3.97. The molecule has 0 atom stereocenters. The van der Waals surface area contributed by atoms with Gasteiger partial charge >= 0.3 is 0 Å². The van der Waals surface area contributed by atoms with E-state index in [1.807, 2.05) is 24.3 Å². The molecule has 0 aliphatic heterocycles. The minimum atomic E-state index is -0.468. The van der Waals surface area contributed by atoms with Crippen molar-refractivity contribution in [2.24, 2.45) is 0 Å². The van der Waals surface area contributed by atoms with Crippen molar-refractivity contribution in [2.45, 2.75) is 13.2 Å². The number of nitrogens with zero attached hydrogens (tertiary/aromatic N) is 1. The van der Waals surface area contributed by atoms with Gasteiger partial charge in [-0.3, -0.25) is 0 Å². The third-order valence-corrected chi connectivity index (χ3v) is 2.56. The first-order chi connectivity index (χ1) is 8.78. The van der Waals surface area contributed by atoms with E-state index in [0.29, 0.717) is 13.2 Å². The Morgan fingerprint density at radius 2 is 1.83 bits per heavy atom. The number of aromatic nitrogens is 1. The highest BCUT2D eigenvalue weighted by Crippen LogP contribution is 2.10. The molecule has 1 aromatic heterocycles. The number of pyridine rings is 1. The molecular formula is C14H15FN2O. The van der Waals surface area contributed by atoms with Gasteiger partial charge < -0.3 is 10.1 Å². The first-order valence-electron chi connectivity index (χ1n) is 5.70. The average molecular weight is 246 g/mol. The van der Waals surface area contributed by atoms with E-state index < -0.39 is 5.95 Å². The van der Waals surface area contributed by atoms with Crippen LogP contribution in [0.15, 0.2) is 42.6 Å². The van der Waals surface area contributed by atoms with Crippen LogP contribution < -0.4 is 5.32 Å². The Kier molecular flexibility index (Phi) is 4.25. The van der Waals surface area contributed by atoms with Crippen LogP contribution in [-0.2, 0) is 17.9 Å². The van der Waals surface area contributed by atoms with Crippen molar-refractivity contribution in [2.75, 3.05) is 12.4 Å². The zero-order valence-electron chi connectivity index (χ0n) is 10.2. The average Bonchev–Trinajstić information content (AvgIpc) is 2.40. The number of rotatable bonds is 5. The molecule has 1 N–H and O–H groups in total. The molecule has 0 saturated carbocycles. The summed E-state index contributed by atoms with van der Waals surface area (Å²) in [7, 11) is 1.68. The third-order valence-electron chi connectivity index (χ3n) is 2.56. The van der Waals surface area contributed by atoms with E-state index >= 15 is 0 Å². The second kappa shape index (κ2) is 6.12. The fourth-order valence-electron chi connectivity index (χ4n) is 1.60. The molecule has 0 aliphatic rings. The van der Waals surface area contributed by atoms with Gasteiger partial charge in [0.1, 0.15) is 0 Å². The lowest BCUT2D eigenvalue weighted by Gasteiger charge is -2.07. The molecule has 4 heteroatoms. The Hall–Kier alpha value is -1.94. The number of anilines is 1. The predicted octanol–water partition coefficient (Wildman–Crippen LogP) is 2.98. The molecule has 2 rings (SSSR count). The van der Waals surface area contributed by atoms with Gasteiger partial charge in [-0.15, -0.1) is 0 Å². The van der Waals surface area contributed by atoms with Gasteiger partial charge in [0, 0.05) is 13.7 Å². The van der Waals surface area contributed by atoms with E-state index in [9.17, 15) is 4.39 Å². The molecule has 0 radical (unpaired) electrons. The first kappa shape index (κ1) is 12.5. The van der Waals surface area contributed by atoms with Crippen LogP contribution in [0.2, 0.25) is 0 Å². The van der Waals surface area contributed by atoms with Crippen molar-refractivity contribution in [3.05, 3.63) is 59.7 Å². The van der Waals surface area contributed by atoms with Crippen LogP contribution in [0.4, 0.5) is 10.1 Å². The topological polar surface area (TPSA) is 34.1 Å². The molecule has 0 spiro atoms. The molecule has 0 saturated heterocycles. The molecule has 0 fully saturated rings. The quantitative estimate of drug-likeness (QED) is 0.823. The van der Waals surface area contributed by atoms with E-state index in [-0.39, 0.29) is 0 Å². The fraction of sp³-hybridized carbons (Fsp3) is 0.214. The summed E-state index contributed by atoms with van der Waals surface area (Å²) in [4.78, 5) is 3.58. The van der Waals surface area contributed by atoms with Gasteiger partial charge in [0.15, 0.2) is 0 Å². The fourth-order valence-corrected chi connectivity index (χ4v) is 1.60. The normalized spacial score (nSPS) is 10.3. The van der Waals surface area contributed by atoms with Gasteiger partial charge in [-0.05, 0) is 23.3 Å². The zero-order chi connectivity index (χ0) is 12.8. The number of methoxy groups -OCH3 is 1. The number of hydrogen-bond acceptors (Lipinski definition) is 3. The van der Waals surface area contributed by atoms with Gasteiger partial charge in [0.25, 0.3) is 0 Å². The van der Waals surface area contributed by atoms with Gasteiger partial charge in [-0.2, -0.15) is 4.39 Å². The highest BCUT2D eigenvalue weighted by atomic mass is 19.1. The molecule has 2 aromatic rings. The summed E-state index contributed by atoms with van der Waals surface area (Å²) in [5, 5.41) is 3.18. The van der Waals surface area contributed by atoms with Crippen LogP contribution in [0, 0.1) is 5.95 Å². The molecule has 0 aliphatic carbocycles. The van der Waals surface area contributed by atoms with Crippen molar-refractivity contribution >= 4 is 5.69 Å². The predicted molar refractivity (Wildman–Crippen MR) is 68.7 cm³/mol. The van der Waals surface area contributed by atoms with Crippen molar-refractivity contribution in [1.82, 2.24) is 4.98 Å². The second-order valence-electron chi connectivity index (χ2n) is 3.97. The molecule has 1 heterocycles. The minimum absolute atomic E-state index is 0.468. The smallest absolute Gasteiger partial charge is 0.212 e. The monoisotopic (exact) mass is 246 g/mol. The maximum Gasteiger partial charge on any atom is 0.212 e. The summed E-state index contributed by atoms with van der Waals surface area (Å²) in [5.41, 5.74) is 3.10. The summed E-state index contributed by atoms with van der Waals surface area (Å²) in [6.45, 7) is 1.30. The van der Waals surface area contributed by atoms with Crippen LogP contribution in [0.1, 0.15) is 11.1 Å².